The molecule has 18 heavy (non-hydrogen) atoms. The van der Waals surface area contributed by atoms with E-state index in [-0.39, 0.29) is 12.6 Å². The van der Waals surface area contributed by atoms with E-state index in [0.29, 0.717) is 6.61 Å². The van der Waals surface area contributed by atoms with E-state index in [1.54, 1.807) is 11.3 Å². The van der Waals surface area contributed by atoms with Crippen LogP contribution < -0.4 is 10.1 Å². The topological polar surface area (TPSA) is 54.4 Å². The molecule has 0 saturated heterocycles. The fraction of sp³-hybridized carbons (Fsp3) is 0.308. The lowest BCUT2D eigenvalue weighted by molar-refractivity contribution is 0.201. The molecule has 0 aliphatic carbocycles. The second kappa shape index (κ2) is 6.37. The molecule has 2 rings (SSSR count). The highest BCUT2D eigenvalue weighted by molar-refractivity contribution is 7.09. The van der Waals surface area contributed by atoms with E-state index in [9.17, 15) is 0 Å². The number of aliphatic hydroxyl groups is 1. The quantitative estimate of drug-likeness (QED) is 0.842. The zero-order valence-corrected chi connectivity index (χ0v) is 11.0. The van der Waals surface area contributed by atoms with Gasteiger partial charge in [-0.25, -0.2) is 4.98 Å². The van der Waals surface area contributed by atoms with Crippen LogP contribution in [-0.2, 0) is 0 Å². The fourth-order valence-corrected chi connectivity index (χ4v) is 2.22. The number of anilines is 1. The van der Waals surface area contributed by atoms with Crippen LogP contribution in [0.25, 0.3) is 0 Å². The Morgan fingerprint density at radius 2 is 2.17 bits per heavy atom. The van der Waals surface area contributed by atoms with Crippen molar-refractivity contribution in [3.63, 3.8) is 0 Å². The van der Waals surface area contributed by atoms with Crippen LogP contribution in [0.15, 0.2) is 35.8 Å². The Kier molecular flexibility index (Phi) is 4.55. The molecule has 1 unspecified atom stereocenters. The molecule has 0 spiro atoms. The zero-order valence-electron chi connectivity index (χ0n) is 10.2. The lowest BCUT2D eigenvalue weighted by Crippen LogP contribution is -2.06. The molecule has 1 aromatic heterocycles. The van der Waals surface area contributed by atoms with Crippen LogP contribution in [0, 0.1) is 0 Å². The number of nitrogens with one attached hydrogen (secondary N) is 1. The zero-order chi connectivity index (χ0) is 12.8. The summed E-state index contributed by atoms with van der Waals surface area (Å²) in [5, 5.41) is 15.1. The third-order valence-corrected chi connectivity index (χ3v) is 3.38. The van der Waals surface area contributed by atoms with Crippen molar-refractivity contribution in [2.45, 2.75) is 13.0 Å². The minimum absolute atomic E-state index is 0.0289. The van der Waals surface area contributed by atoms with Crippen LogP contribution in [0.3, 0.4) is 0 Å². The summed E-state index contributed by atoms with van der Waals surface area (Å²) in [6, 6.07) is 7.86. The van der Waals surface area contributed by atoms with Crippen LogP contribution in [0.5, 0.6) is 5.75 Å². The van der Waals surface area contributed by atoms with Gasteiger partial charge in [0.1, 0.15) is 17.4 Å². The largest absolute Gasteiger partial charge is 0.491 e. The summed E-state index contributed by atoms with van der Waals surface area (Å²) in [5.74, 6) is 0.761. The Hall–Kier alpha value is -1.59. The maximum atomic E-state index is 8.66. The van der Waals surface area contributed by atoms with E-state index in [0.717, 1.165) is 16.4 Å². The molecular weight excluding hydrogens is 248 g/mol. The molecule has 0 aliphatic heterocycles. The van der Waals surface area contributed by atoms with Gasteiger partial charge in [0.25, 0.3) is 0 Å². The van der Waals surface area contributed by atoms with E-state index in [2.05, 4.69) is 17.2 Å². The molecule has 0 bridgehead atoms. The standard InChI is InChI=1S/C13H16N2O2S/c1-10(13-14-6-9-18-13)15-11-2-4-12(5-3-11)17-8-7-16/h2-6,9-10,15-16H,7-8H2,1H3. The minimum Gasteiger partial charge on any atom is -0.491 e. The molecular formula is C13H16N2O2S. The van der Waals surface area contributed by atoms with Gasteiger partial charge in [0.15, 0.2) is 0 Å². The summed E-state index contributed by atoms with van der Waals surface area (Å²) < 4.78 is 5.30. The number of rotatable bonds is 6. The Morgan fingerprint density at radius 3 is 2.78 bits per heavy atom. The van der Waals surface area contributed by atoms with Gasteiger partial charge in [-0.05, 0) is 31.2 Å². The number of hydrogen-bond acceptors (Lipinski definition) is 5. The molecule has 1 heterocycles. The SMILES string of the molecule is CC(Nc1ccc(OCCO)cc1)c1nccs1. The van der Waals surface area contributed by atoms with E-state index in [4.69, 9.17) is 9.84 Å². The summed E-state index contributed by atoms with van der Waals surface area (Å²) in [6.07, 6.45) is 1.81. The summed E-state index contributed by atoms with van der Waals surface area (Å²) in [6.45, 7) is 2.43. The number of hydrogen-bond donors (Lipinski definition) is 2. The first-order chi connectivity index (χ1) is 8.79. The molecule has 0 fully saturated rings. The van der Waals surface area contributed by atoms with Gasteiger partial charge >= 0.3 is 0 Å². The molecule has 2 aromatic rings. The van der Waals surface area contributed by atoms with E-state index in [1.165, 1.54) is 0 Å². The van der Waals surface area contributed by atoms with Gasteiger partial charge in [0.2, 0.25) is 0 Å². The van der Waals surface area contributed by atoms with Crippen molar-refractivity contribution in [2.75, 3.05) is 18.5 Å². The van der Waals surface area contributed by atoms with Crippen molar-refractivity contribution in [1.82, 2.24) is 4.98 Å². The highest BCUT2D eigenvalue weighted by Gasteiger charge is 2.07. The van der Waals surface area contributed by atoms with E-state index in [1.807, 2.05) is 35.8 Å². The number of thiazole rings is 1. The normalized spacial score (nSPS) is 12.1. The fourth-order valence-electron chi connectivity index (χ4n) is 1.57. The lowest BCUT2D eigenvalue weighted by atomic mass is 10.2. The average molecular weight is 264 g/mol. The van der Waals surface area contributed by atoms with Crippen LogP contribution in [0.1, 0.15) is 18.0 Å². The van der Waals surface area contributed by atoms with E-state index >= 15 is 0 Å². The van der Waals surface area contributed by atoms with Crippen LogP contribution in [0.2, 0.25) is 0 Å². The van der Waals surface area contributed by atoms with Crippen LogP contribution in [0.4, 0.5) is 5.69 Å². The molecule has 5 heteroatoms. The van der Waals surface area contributed by atoms with Crippen molar-refractivity contribution in [3.05, 3.63) is 40.8 Å². The van der Waals surface area contributed by atoms with Crippen molar-refractivity contribution in [1.29, 1.82) is 0 Å². The molecule has 1 atom stereocenters. The third-order valence-electron chi connectivity index (χ3n) is 2.42. The summed E-state index contributed by atoms with van der Waals surface area (Å²) in [4.78, 5) is 4.27. The van der Waals surface area contributed by atoms with Gasteiger partial charge < -0.3 is 15.2 Å². The molecule has 96 valence electrons. The van der Waals surface area contributed by atoms with Gasteiger partial charge in [-0.2, -0.15) is 0 Å². The highest BCUT2D eigenvalue weighted by atomic mass is 32.1. The molecule has 0 saturated carbocycles. The maximum Gasteiger partial charge on any atom is 0.119 e. The summed E-state index contributed by atoms with van der Waals surface area (Å²) in [5.41, 5.74) is 1.02. The van der Waals surface area contributed by atoms with Crippen molar-refractivity contribution < 1.29 is 9.84 Å². The third kappa shape index (κ3) is 3.45. The molecule has 0 amide bonds. The molecule has 2 N–H and O–H groups in total. The first-order valence-corrected chi connectivity index (χ1v) is 6.67. The average Bonchev–Trinajstić information content (AvgIpc) is 2.92. The number of aliphatic hydroxyl groups excluding tert-OH is 1. The monoisotopic (exact) mass is 264 g/mol. The minimum atomic E-state index is 0.0289. The smallest absolute Gasteiger partial charge is 0.119 e. The number of nitrogens with zero attached hydrogens (tertiary/aromatic N) is 1. The maximum absolute atomic E-state index is 8.66. The van der Waals surface area contributed by atoms with Gasteiger partial charge in [0.05, 0.1) is 12.6 Å². The lowest BCUT2D eigenvalue weighted by Gasteiger charge is -2.13. The van der Waals surface area contributed by atoms with Crippen molar-refractivity contribution >= 4 is 17.0 Å². The number of benzene rings is 1. The Bertz CT molecular complexity index is 456. The molecule has 1 aromatic carbocycles. The summed E-state index contributed by atoms with van der Waals surface area (Å²) in [7, 11) is 0. The van der Waals surface area contributed by atoms with Gasteiger partial charge in [-0.15, -0.1) is 11.3 Å². The second-order valence-corrected chi connectivity index (χ2v) is 4.76. The number of aromatic nitrogens is 1. The van der Waals surface area contributed by atoms with Crippen LogP contribution >= 0.6 is 11.3 Å². The summed E-state index contributed by atoms with van der Waals surface area (Å²) >= 11 is 1.64. The molecule has 4 nitrogen and oxygen atoms in total. The van der Waals surface area contributed by atoms with Crippen molar-refractivity contribution in [2.24, 2.45) is 0 Å². The predicted molar refractivity (Wildman–Crippen MR) is 73.2 cm³/mol. The van der Waals surface area contributed by atoms with Gasteiger partial charge in [-0.1, -0.05) is 0 Å². The first-order valence-electron chi connectivity index (χ1n) is 5.79. The second-order valence-electron chi connectivity index (χ2n) is 3.83. The molecule has 0 aliphatic rings. The van der Waals surface area contributed by atoms with Gasteiger partial charge in [-0.3, -0.25) is 0 Å². The van der Waals surface area contributed by atoms with Gasteiger partial charge in [0, 0.05) is 17.3 Å². The van der Waals surface area contributed by atoms with Crippen LogP contribution in [-0.4, -0.2) is 23.3 Å². The highest BCUT2D eigenvalue weighted by Crippen LogP contribution is 2.22. The Balaban J connectivity index is 1.93. The van der Waals surface area contributed by atoms with E-state index < -0.39 is 0 Å². The Morgan fingerprint density at radius 1 is 1.39 bits per heavy atom. The Labute approximate surface area is 110 Å². The van der Waals surface area contributed by atoms with Crippen molar-refractivity contribution in [3.8, 4) is 5.75 Å². The number of ether oxygens (including phenoxy) is 1. The molecule has 0 radical (unpaired) electrons. The predicted octanol–water partition coefficient (Wildman–Crippen LogP) is 2.69. The first kappa shape index (κ1) is 12.9.